The summed E-state index contributed by atoms with van der Waals surface area (Å²) in [5.41, 5.74) is 4.38. The van der Waals surface area contributed by atoms with E-state index in [4.69, 9.17) is 4.74 Å². The van der Waals surface area contributed by atoms with Gasteiger partial charge in [0.2, 0.25) is 5.88 Å². The quantitative estimate of drug-likeness (QED) is 0.392. The first-order chi connectivity index (χ1) is 18.1. The van der Waals surface area contributed by atoms with Gasteiger partial charge in [0.25, 0.3) is 5.91 Å². The number of likely N-dealkylation sites (tertiary alicyclic amines) is 1. The van der Waals surface area contributed by atoms with Crippen molar-refractivity contribution in [3.8, 4) is 5.88 Å². The molecule has 1 fully saturated rings. The molecule has 0 saturated carbocycles. The monoisotopic (exact) mass is 498 g/mol. The van der Waals surface area contributed by atoms with Crippen LogP contribution in [0.3, 0.4) is 0 Å². The zero-order valence-electron chi connectivity index (χ0n) is 20.8. The lowest BCUT2D eigenvalue weighted by Gasteiger charge is -2.32. The Morgan fingerprint density at radius 1 is 1.00 bits per heavy atom. The number of urea groups is 1. The second kappa shape index (κ2) is 11.1. The van der Waals surface area contributed by atoms with Crippen LogP contribution >= 0.6 is 0 Å². The first-order valence-corrected chi connectivity index (χ1v) is 12.5. The van der Waals surface area contributed by atoms with Gasteiger partial charge in [-0.1, -0.05) is 12.1 Å². The van der Waals surface area contributed by atoms with E-state index in [0.29, 0.717) is 43.6 Å². The maximum Gasteiger partial charge on any atom is 0.319 e. The van der Waals surface area contributed by atoms with Gasteiger partial charge in [0.15, 0.2) is 0 Å². The summed E-state index contributed by atoms with van der Waals surface area (Å²) in [6.45, 7) is 4.21. The summed E-state index contributed by atoms with van der Waals surface area (Å²) in [7, 11) is 0. The van der Waals surface area contributed by atoms with E-state index < -0.39 is 0 Å². The number of carbonyl (C=O) groups excluding carboxylic acids is 2. The number of fused-ring (bicyclic) bond motifs is 1. The molecule has 5 rings (SSSR count). The minimum atomic E-state index is -0.258. The fourth-order valence-corrected chi connectivity index (χ4v) is 4.63. The molecule has 2 N–H and O–H groups in total. The van der Waals surface area contributed by atoms with Crippen LogP contribution in [-0.2, 0) is 6.54 Å². The number of ether oxygens (including phenoxy) is 1. The highest BCUT2D eigenvalue weighted by molar-refractivity contribution is 5.94. The minimum Gasteiger partial charge on any atom is -0.478 e. The molecule has 1 aliphatic rings. The zero-order chi connectivity index (χ0) is 25.6. The van der Waals surface area contributed by atoms with E-state index in [1.165, 1.54) is 5.56 Å². The molecule has 1 saturated heterocycles. The predicted octanol–water partition coefficient (Wildman–Crippen LogP) is 4.47. The Bertz CT molecular complexity index is 1380. The SMILES string of the molecule is CCOc1cc(C(=O)N2CCC(c3ccc(NC(=O)NCc4ccn5ccnc5c4)cc3)CC2)ccn1. The van der Waals surface area contributed by atoms with E-state index in [0.717, 1.165) is 29.7 Å². The number of nitrogens with zero attached hydrogens (tertiary/aromatic N) is 4. The van der Waals surface area contributed by atoms with E-state index in [1.807, 2.05) is 52.9 Å². The van der Waals surface area contributed by atoms with Crippen LogP contribution in [0.5, 0.6) is 5.88 Å². The van der Waals surface area contributed by atoms with Gasteiger partial charge in [-0.25, -0.2) is 14.8 Å². The highest BCUT2D eigenvalue weighted by Crippen LogP contribution is 2.29. The average Bonchev–Trinajstić information content (AvgIpc) is 3.41. The second-order valence-corrected chi connectivity index (χ2v) is 9.04. The molecule has 1 aliphatic heterocycles. The molecule has 3 amide bonds. The fourth-order valence-electron chi connectivity index (χ4n) is 4.63. The summed E-state index contributed by atoms with van der Waals surface area (Å²) in [5.74, 6) is 0.861. The molecule has 4 aromatic rings. The van der Waals surface area contributed by atoms with Gasteiger partial charge in [-0.3, -0.25) is 4.79 Å². The maximum atomic E-state index is 12.9. The number of imidazole rings is 1. The third-order valence-electron chi connectivity index (χ3n) is 6.61. The van der Waals surface area contributed by atoms with E-state index >= 15 is 0 Å². The fraction of sp³-hybridized carbons (Fsp3) is 0.286. The number of hydrogen-bond acceptors (Lipinski definition) is 5. The average molecular weight is 499 g/mol. The van der Waals surface area contributed by atoms with Crippen molar-refractivity contribution in [2.75, 3.05) is 25.0 Å². The number of piperidine rings is 1. The number of rotatable bonds is 7. The van der Waals surface area contributed by atoms with Crippen LogP contribution in [-0.4, -0.2) is 50.9 Å². The molecule has 0 unspecified atom stereocenters. The first kappa shape index (κ1) is 24.3. The van der Waals surface area contributed by atoms with Gasteiger partial charge >= 0.3 is 6.03 Å². The van der Waals surface area contributed by atoms with Crippen LogP contribution in [0.15, 0.2) is 73.3 Å². The molecular weight excluding hydrogens is 468 g/mol. The van der Waals surface area contributed by atoms with Gasteiger partial charge in [0.1, 0.15) is 5.65 Å². The van der Waals surface area contributed by atoms with Gasteiger partial charge in [-0.2, -0.15) is 0 Å². The Labute approximate surface area is 215 Å². The molecule has 0 atom stereocenters. The van der Waals surface area contributed by atoms with Crippen molar-refractivity contribution in [2.45, 2.75) is 32.2 Å². The molecular formula is C28H30N6O3. The molecule has 3 aromatic heterocycles. The number of benzene rings is 1. The first-order valence-electron chi connectivity index (χ1n) is 12.5. The van der Waals surface area contributed by atoms with Crippen LogP contribution in [0.4, 0.5) is 10.5 Å². The van der Waals surface area contributed by atoms with Gasteiger partial charge in [-0.15, -0.1) is 0 Å². The van der Waals surface area contributed by atoms with E-state index in [-0.39, 0.29) is 11.9 Å². The molecule has 9 nitrogen and oxygen atoms in total. The molecule has 0 aliphatic carbocycles. The number of carbonyl (C=O) groups is 2. The normalized spacial score (nSPS) is 13.9. The second-order valence-electron chi connectivity index (χ2n) is 9.04. The number of pyridine rings is 2. The van der Waals surface area contributed by atoms with Gasteiger partial charge in [-0.05, 0) is 67.1 Å². The maximum absolute atomic E-state index is 12.9. The number of anilines is 1. The van der Waals surface area contributed by atoms with Gasteiger partial charge < -0.3 is 24.7 Å². The lowest BCUT2D eigenvalue weighted by molar-refractivity contribution is 0.0712. The minimum absolute atomic E-state index is 0.0112. The third-order valence-corrected chi connectivity index (χ3v) is 6.61. The van der Waals surface area contributed by atoms with Crippen LogP contribution in [0.1, 0.15) is 47.2 Å². The largest absolute Gasteiger partial charge is 0.478 e. The van der Waals surface area contributed by atoms with E-state index in [2.05, 4.69) is 32.7 Å². The summed E-state index contributed by atoms with van der Waals surface area (Å²) in [6.07, 6.45) is 8.95. The van der Waals surface area contributed by atoms with E-state index in [1.54, 1.807) is 24.5 Å². The number of amides is 3. The number of hydrogen-bond donors (Lipinski definition) is 2. The molecule has 1 aromatic carbocycles. The van der Waals surface area contributed by atoms with Crippen molar-refractivity contribution in [1.29, 1.82) is 0 Å². The Hall–Kier alpha value is -4.40. The Kier molecular flexibility index (Phi) is 7.30. The molecule has 4 heterocycles. The summed E-state index contributed by atoms with van der Waals surface area (Å²) in [6, 6.07) is 15.1. The standard InChI is InChI=1S/C28H30N6O3/c1-2-37-26-18-23(7-11-30-26)27(35)34-14-9-22(10-15-34)21-3-5-24(6-4-21)32-28(36)31-19-20-8-13-33-16-12-29-25(33)17-20/h3-8,11-13,16-18,22H,2,9-10,14-15,19H2,1H3,(H2,31,32,36). The van der Waals surface area contributed by atoms with Crippen LogP contribution < -0.4 is 15.4 Å². The van der Waals surface area contributed by atoms with Gasteiger partial charge in [0.05, 0.1) is 6.61 Å². The zero-order valence-corrected chi connectivity index (χ0v) is 20.8. The number of aromatic nitrogens is 3. The Morgan fingerprint density at radius 3 is 2.59 bits per heavy atom. The summed E-state index contributed by atoms with van der Waals surface area (Å²) in [5, 5.41) is 5.77. The Morgan fingerprint density at radius 2 is 1.81 bits per heavy atom. The molecule has 0 bridgehead atoms. The Balaban J connectivity index is 1.10. The van der Waals surface area contributed by atoms with Crippen molar-refractivity contribution in [1.82, 2.24) is 24.6 Å². The molecule has 0 radical (unpaired) electrons. The topological polar surface area (TPSA) is 101 Å². The molecule has 37 heavy (non-hydrogen) atoms. The van der Waals surface area contributed by atoms with Crippen LogP contribution in [0, 0.1) is 0 Å². The molecule has 0 spiro atoms. The van der Waals surface area contributed by atoms with Crippen molar-refractivity contribution in [3.63, 3.8) is 0 Å². The predicted molar refractivity (Wildman–Crippen MR) is 141 cm³/mol. The highest BCUT2D eigenvalue weighted by Gasteiger charge is 2.25. The van der Waals surface area contributed by atoms with Crippen LogP contribution in [0.2, 0.25) is 0 Å². The van der Waals surface area contributed by atoms with Crippen LogP contribution in [0.25, 0.3) is 5.65 Å². The third kappa shape index (κ3) is 5.88. The lowest BCUT2D eigenvalue weighted by atomic mass is 9.89. The van der Waals surface area contributed by atoms with Crippen molar-refractivity contribution in [2.24, 2.45) is 0 Å². The lowest BCUT2D eigenvalue weighted by Crippen LogP contribution is -2.37. The summed E-state index contributed by atoms with van der Waals surface area (Å²) < 4.78 is 7.35. The molecule has 9 heteroatoms. The summed E-state index contributed by atoms with van der Waals surface area (Å²) in [4.78, 5) is 35.6. The van der Waals surface area contributed by atoms with Gasteiger partial charge in [0, 0.05) is 61.7 Å². The highest BCUT2D eigenvalue weighted by atomic mass is 16.5. The van der Waals surface area contributed by atoms with E-state index in [9.17, 15) is 9.59 Å². The number of nitrogens with one attached hydrogen (secondary N) is 2. The van der Waals surface area contributed by atoms with Crippen molar-refractivity contribution >= 4 is 23.3 Å². The molecule has 190 valence electrons. The smallest absolute Gasteiger partial charge is 0.319 e. The summed E-state index contributed by atoms with van der Waals surface area (Å²) >= 11 is 0. The van der Waals surface area contributed by atoms with Crippen molar-refractivity contribution < 1.29 is 14.3 Å². The van der Waals surface area contributed by atoms with Crippen molar-refractivity contribution in [3.05, 3.63) is 90.0 Å².